The topological polar surface area (TPSA) is 47.3 Å². The Labute approximate surface area is 186 Å². The van der Waals surface area contributed by atoms with E-state index < -0.39 is 0 Å². The van der Waals surface area contributed by atoms with E-state index in [4.69, 9.17) is 9.26 Å². The first kappa shape index (κ1) is 21.3. The molecule has 160 valence electrons. The molecule has 0 amide bonds. The monoisotopic (exact) mass is 438 g/mol. The summed E-state index contributed by atoms with van der Waals surface area (Å²) >= 11 is 0. The van der Waals surface area contributed by atoms with Crippen LogP contribution >= 0.6 is 12.4 Å². The van der Waals surface area contributed by atoms with Crippen molar-refractivity contribution in [1.82, 2.24) is 10.5 Å². The quantitative estimate of drug-likeness (QED) is 0.382. The van der Waals surface area contributed by atoms with Crippen molar-refractivity contribution in [1.29, 1.82) is 0 Å². The Morgan fingerprint density at radius 1 is 1.00 bits per heavy atom. The number of nitrogens with one attached hydrogen (secondary N) is 1. The molecule has 0 spiro atoms. The molecule has 0 fully saturated rings. The number of hydrogen-bond acceptors (Lipinski definition) is 4. The van der Waals surface area contributed by atoms with Gasteiger partial charge in [-0.3, -0.25) is 0 Å². The number of aromatic nitrogens is 1. The van der Waals surface area contributed by atoms with Gasteiger partial charge in [-0.2, -0.15) is 0 Å². The molecule has 4 aromatic rings. The van der Waals surface area contributed by atoms with Gasteiger partial charge in [0.25, 0.3) is 0 Å². The number of fused-ring (bicyclic) bond motifs is 2. The minimum atomic E-state index is -0.332. The van der Waals surface area contributed by atoms with Crippen LogP contribution in [0.4, 0.5) is 4.39 Å². The molecule has 0 bridgehead atoms. The molecule has 31 heavy (non-hydrogen) atoms. The fourth-order valence-corrected chi connectivity index (χ4v) is 4.10. The predicted octanol–water partition coefficient (Wildman–Crippen LogP) is 5.58. The molecule has 1 heterocycles. The van der Waals surface area contributed by atoms with Gasteiger partial charge in [0.15, 0.2) is 5.58 Å². The Kier molecular flexibility index (Phi) is 6.54. The lowest BCUT2D eigenvalue weighted by molar-refractivity contribution is 0.305. The Bertz CT molecular complexity index is 1130. The van der Waals surface area contributed by atoms with Gasteiger partial charge in [0, 0.05) is 23.1 Å². The highest BCUT2D eigenvalue weighted by Gasteiger charge is 2.19. The number of hydrogen-bond donors (Lipinski definition) is 1. The first-order valence-electron chi connectivity index (χ1n) is 10.3. The maximum atomic E-state index is 13.3. The number of ether oxygens (including phenoxy) is 1. The third-order valence-electron chi connectivity index (χ3n) is 5.64. The second kappa shape index (κ2) is 9.50. The lowest BCUT2D eigenvalue weighted by Gasteiger charge is -2.12. The fraction of sp³-hybridized carbons (Fsp3) is 0.240. The average molecular weight is 439 g/mol. The predicted molar refractivity (Wildman–Crippen MR) is 122 cm³/mol. The fourth-order valence-electron chi connectivity index (χ4n) is 4.10. The van der Waals surface area contributed by atoms with Gasteiger partial charge in [0.1, 0.15) is 17.3 Å². The van der Waals surface area contributed by atoms with E-state index in [1.54, 1.807) is 6.07 Å². The molecule has 0 aliphatic heterocycles. The SMILES string of the molecule is Cl.Fc1ccc2c(-c3ccc(OCCCNC4Cc5ccccc5C4)cc3)noc2c1. The Hall–Kier alpha value is -2.89. The summed E-state index contributed by atoms with van der Waals surface area (Å²) in [7, 11) is 0. The molecule has 1 aliphatic rings. The van der Waals surface area contributed by atoms with Gasteiger partial charge in [0.2, 0.25) is 0 Å². The molecular formula is C25H24ClFN2O2. The van der Waals surface area contributed by atoms with Crippen LogP contribution in [-0.4, -0.2) is 24.4 Å². The zero-order chi connectivity index (χ0) is 20.3. The number of rotatable bonds is 7. The summed E-state index contributed by atoms with van der Waals surface area (Å²) < 4.78 is 24.4. The van der Waals surface area contributed by atoms with Gasteiger partial charge in [0.05, 0.1) is 6.61 Å². The van der Waals surface area contributed by atoms with Gasteiger partial charge in [-0.15, -0.1) is 12.4 Å². The van der Waals surface area contributed by atoms with E-state index >= 15 is 0 Å². The zero-order valence-corrected chi connectivity index (χ0v) is 17.8. The second-order valence-electron chi connectivity index (χ2n) is 7.73. The van der Waals surface area contributed by atoms with Crippen molar-refractivity contribution in [3.63, 3.8) is 0 Å². The maximum absolute atomic E-state index is 13.3. The van der Waals surface area contributed by atoms with Crippen LogP contribution in [0.2, 0.25) is 0 Å². The van der Waals surface area contributed by atoms with Crippen LogP contribution in [-0.2, 0) is 12.8 Å². The molecule has 0 radical (unpaired) electrons. The third-order valence-corrected chi connectivity index (χ3v) is 5.64. The molecule has 4 nitrogen and oxygen atoms in total. The van der Waals surface area contributed by atoms with Crippen LogP contribution in [0, 0.1) is 5.82 Å². The molecule has 0 saturated carbocycles. The molecule has 0 saturated heterocycles. The molecule has 0 unspecified atom stereocenters. The molecule has 3 aromatic carbocycles. The standard InChI is InChI=1S/C25H23FN2O2.ClH/c26-20-8-11-23-24(16-20)30-28-25(23)17-6-9-22(10-7-17)29-13-3-12-27-21-14-18-4-1-2-5-19(18)15-21;/h1-2,4-11,16,21,27H,3,12-15H2;1H. The summed E-state index contributed by atoms with van der Waals surface area (Å²) in [5, 5.41) is 8.52. The van der Waals surface area contributed by atoms with E-state index in [2.05, 4.69) is 34.7 Å². The molecule has 6 heteroatoms. The van der Waals surface area contributed by atoms with Crippen molar-refractivity contribution >= 4 is 23.4 Å². The molecule has 1 aromatic heterocycles. The van der Waals surface area contributed by atoms with Gasteiger partial charge < -0.3 is 14.6 Å². The Balaban J connectivity index is 0.00000231. The van der Waals surface area contributed by atoms with Crippen molar-refractivity contribution in [3.05, 3.63) is 83.7 Å². The Morgan fingerprint density at radius 3 is 2.48 bits per heavy atom. The maximum Gasteiger partial charge on any atom is 0.170 e. The van der Waals surface area contributed by atoms with E-state index in [9.17, 15) is 4.39 Å². The molecule has 1 N–H and O–H groups in total. The number of nitrogens with zero attached hydrogens (tertiary/aromatic N) is 1. The van der Waals surface area contributed by atoms with Crippen molar-refractivity contribution in [2.45, 2.75) is 25.3 Å². The number of benzene rings is 3. The van der Waals surface area contributed by atoms with Gasteiger partial charge in [-0.1, -0.05) is 29.4 Å². The van der Waals surface area contributed by atoms with Crippen molar-refractivity contribution in [2.24, 2.45) is 0 Å². The van der Waals surface area contributed by atoms with E-state index in [0.29, 0.717) is 23.9 Å². The molecule has 5 rings (SSSR count). The highest BCUT2D eigenvalue weighted by Crippen LogP contribution is 2.29. The van der Waals surface area contributed by atoms with E-state index in [-0.39, 0.29) is 18.2 Å². The van der Waals surface area contributed by atoms with E-state index in [1.807, 2.05) is 24.3 Å². The largest absolute Gasteiger partial charge is 0.494 e. The molecular weight excluding hydrogens is 415 g/mol. The normalized spacial score (nSPS) is 13.2. The lowest BCUT2D eigenvalue weighted by Crippen LogP contribution is -2.31. The highest BCUT2D eigenvalue weighted by atomic mass is 35.5. The van der Waals surface area contributed by atoms with Crippen LogP contribution in [0.3, 0.4) is 0 Å². The second-order valence-corrected chi connectivity index (χ2v) is 7.73. The summed E-state index contributed by atoms with van der Waals surface area (Å²) in [4.78, 5) is 0. The van der Waals surface area contributed by atoms with Gasteiger partial charge in [-0.25, -0.2) is 4.39 Å². The van der Waals surface area contributed by atoms with Gasteiger partial charge >= 0.3 is 0 Å². The van der Waals surface area contributed by atoms with E-state index in [1.165, 1.54) is 23.3 Å². The van der Waals surface area contributed by atoms with Crippen molar-refractivity contribution < 1.29 is 13.7 Å². The summed E-state index contributed by atoms with van der Waals surface area (Å²) in [6.07, 6.45) is 3.18. The smallest absolute Gasteiger partial charge is 0.170 e. The summed E-state index contributed by atoms with van der Waals surface area (Å²) in [6, 6.07) is 21.4. The lowest BCUT2D eigenvalue weighted by atomic mass is 10.1. The Morgan fingerprint density at radius 2 is 1.74 bits per heavy atom. The van der Waals surface area contributed by atoms with Crippen LogP contribution in [0.5, 0.6) is 5.75 Å². The summed E-state index contributed by atoms with van der Waals surface area (Å²) in [5.41, 5.74) is 5.00. The zero-order valence-electron chi connectivity index (χ0n) is 17.0. The van der Waals surface area contributed by atoms with Crippen LogP contribution < -0.4 is 10.1 Å². The summed E-state index contributed by atoms with van der Waals surface area (Å²) in [6.45, 7) is 1.61. The minimum absolute atomic E-state index is 0. The van der Waals surface area contributed by atoms with Crippen LogP contribution in [0.15, 0.2) is 71.3 Å². The molecule has 0 atom stereocenters. The van der Waals surface area contributed by atoms with Crippen LogP contribution in [0.25, 0.3) is 22.2 Å². The van der Waals surface area contributed by atoms with Crippen molar-refractivity contribution in [3.8, 4) is 17.0 Å². The summed E-state index contributed by atoms with van der Waals surface area (Å²) in [5.74, 6) is 0.492. The van der Waals surface area contributed by atoms with Gasteiger partial charge in [-0.05, 0) is 73.3 Å². The molecule has 1 aliphatic carbocycles. The average Bonchev–Trinajstić information content (AvgIpc) is 3.37. The van der Waals surface area contributed by atoms with E-state index in [0.717, 1.165) is 42.5 Å². The highest BCUT2D eigenvalue weighted by molar-refractivity contribution is 5.91. The van der Waals surface area contributed by atoms with Crippen LogP contribution in [0.1, 0.15) is 17.5 Å². The van der Waals surface area contributed by atoms with Crippen molar-refractivity contribution in [2.75, 3.05) is 13.2 Å². The number of halogens is 2. The first-order valence-corrected chi connectivity index (χ1v) is 10.3. The minimum Gasteiger partial charge on any atom is -0.494 e. The third kappa shape index (κ3) is 4.73. The first-order chi connectivity index (χ1) is 14.8.